The number of carbonyl (C=O) groups is 1. The molecule has 76 valence electrons. The number of carboxylic acids is 1. The van der Waals surface area contributed by atoms with Crippen molar-refractivity contribution in [2.75, 3.05) is 0 Å². The van der Waals surface area contributed by atoms with Crippen molar-refractivity contribution in [3.63, 3.8) is 0 Å². The SMILES string of the molecule is N[C@@H](C(=O)O)c1c(F)cc(I)cc1F. The first kappa shape index (κ1) is 11.3. The van der Waals surface area contributed by atoms with Crippen molar-refractivity contribution in [3.05, 3.63) is 32.9 Å². The molecule has 0 aliphatic heterocycles. The Morgan fingerprint density at radius 2 is 1.86 bits per heavy atom. The molecule has 6 heteroatoms. The van der Waals surface area contributed by atoms with E-state index in [-0.39, 0.29) is 0 Å². The molecule has 1 atom stereocenters. The molecule has 0 aromatic heterocycles. The van der Waals surface area contributed by atoms with Crippen LogP contribution in [0.2, 0.25) is 0 Å². The van der Waals surface area contributed by atoms with E-state index in [0.29, 0.717) is 3.57 Å². The fourth-order valence-corrected chi connectivity index (χ4v) is 1.52. The van der Waals surface area contributed by atoms with Crippen LogP contribution in [0.3, 0.4) is 0 Å². The molecule has 0 aliphatic carbocycles. The Hall–Kier alpha value is -0.760. The van der Waals surface area contributed by atoms with Gasteiger partial charge in [-0.25, -0.2) is 8.78 Å². The van der Waals surface area contributed by atoms with Crippen LogP contribution >= 0.6 is 22.6 Å². The van der Waals surface area contributed by atoms with Gasteiger partial charge in [-0.2, -0.15) is 0 Å². The molecular weight excluding hydrogens is 307 g/mol. The van der Waals surface area contributed by atoms with Crippen LogP contribution in [-0.4, -0.2) is 11.1 Å². The normalized spacial score (nSPS) is 12.6. The predicted molar refractivity (Wildman–Crippen MR) is 53.6 cm³/mol. The largest absolute Gasteiger partial charge is 0.480 e. The average Bonchev–Trinajstić information content (AvgIpc) is 2.01. The Balaban J connectivity index is 3.27. The van der Waals surface area contributed by atoms with Gasteiger partial charge in [-0.15, -0.1) is 0 Å². The van der Waals surface area contributed by atoms with Gasteiger partial charge >= 0.3 is 5.97 Å². The molecule has 0 saturated carbocycles. The van der Waals surface area contributed by atoms with E-state index < -0.39 is 29.2 Å². The summed E-state index contributed by atoms with van der Waals surface area (Å²) in [7, 11) is 0. The van der Waals surface area contributed by atoms with E-state index in [1.165, 1.54) is 0 Å². The monoisotopic (exact) mass is 313 g/mol. The van der Waals surface area contributed by atoms with Crippen molar-refractivity contribution in [2.24, 2.45) is 5.73 Å². The Labute approximate surface area is 92.0 Å². The molecule has 0 aliphatic rings. The van der Waals surface area contributed by atoms with Crippen LogP contribution < -0.4 is 5.73 Å². The van der Waals surface area contributed by atoms with Crippen LogP contribution in [-0.2, 0) is 4.79 Å². The van der Waals surface area contributed by atoms with Gasteiger partial charge in [0, 0.05) is 3.57 Å². The first-order valence-electron chi connectivity index (χ1n) is 3.56. The lowest BCUT2D eigenvalue weighted by Crippen LogP contribution is -2.23. The predicted octanol–water partition coefficient (Wildman–Crippen LogP) is 1.65. The number of carboxylic acid groups (broad SMARTS) is 1. The van der Waals surface area contributed by atoms with Crippen LogP contribution in [0.1, 0.15) is 11.6 Å². The first-order chi connectivity index (χ1) is 6.43. The van der Waals surface area contributed by atoms with E-state index in [9.17, 15) is 13.6 Å². The van der Waals surface area contributed by atoms with E-state index in [4.69, 9.17) is 10.8 Å². The number of nitrogens with two attached hydrogens (primary N) is 1. The number of halogens is 3. The highest BCUT2D eigenvalue weighted by Gasteiger charge is 2.23. The zero-order valence-corrected chi connectivity index (χ0v) is 8.96. The Morgan fingerprint density at radius 3 is 2.21 bits per heavy atom. The van der Waals surface area contributed by atoms with Gasteiger partial charge in [0.2, 0.25) is 0 Å². The molecule has 14 heavy (non-hydrogen) atoms. The van der Waals surface area contributed by atoms with Gasteiger partial charge in [0.1, 0.15) is 17.7 Å². The number of aliphatic carboxylic acids is 1. The minimum absolute atomic E-state index is 0.346. The van der Waals surface area contributed by atoms with Crippen molar-refractivity contribution in [1.29, 1.82) is 0 Å². The third-order valence-electron chi connectivity index (χ3n) is 1.62. The topological polar surface area (TPSA) is 63.3 Å². The molecule has 0 fully saturated rings. The fourth-order valence-electron chi connectivity index (χ4n) is 0.974. The standard InChI is InChI=1S/C8H6F2INO2/c9-4-1-3(11)2-5(10)6(4)7(12)8(13)14/h1-2,7H,12H2,(H,13,14)/t7-/m1/s1. The fraction of sp³-hybridized carbons (Fsp3) is 0.125. The summed E-state index contributed by atoms with van der Waals surface area (Å²) in [6.45, 7) is 0. The van der Waals surface area contributed by atoms with E-state index in [1.807, 2.05) is 0 Å². The third-order valence-corrected chi connectivity index (χ3v) is 2.24. The minimum atomic E-state index is -1.67. The number of hydrogen-bond acceptors (Lipinski definition) is 2. The van der Waals surface area contributed by atoms with Gasteiger partial charge in [-0.3, -0.25) is 4.79 Å². The summed E-state index contributed by atoms with van der Waals surface area (Å²) < 4.78 is 26.6. The highest BCUT2D eigenvalue weighted by molar-refractivity contribution is 14.1. The second-order valence-corrected chi connectivity index (χ2v) is 3.84. The second-order valence-electron chi connectivity index (χ2n) is 2.60. The third kappa shape index (κ3) is 2.18. The molecule has 0 heterocycles. The molecule has 0 spiro atoms. The zero-order valence-electron chi connectivity index (χ0n) is 6.80. The summed E-state index contributed by atoms with van der Waals surface area (Å²) in [6, 6.07) is 0.385. The summed E-state index contributed by atoms with van der Waals surface area (Å²) in [5, 5.41) is 8.49. The van der Waals surface area contributed by atoms with Crippen molar-refractivity contribution in [2.45, 2.75) is 6.04 Å². The lowest BCUT2D eigenvalue weighted by atomic mass is 10.1. The molecule has 0 saturated heterocycles. The maximum Gasteiger partial charge on any atom is 0.325 e. The van der Waals surface area contributed by atoms with Crippen molar-refractivity contribution in [3.8, 4) is 0 Å². The molecule has 0 bridgehead atoms. The highest BCUT2D eigenvalue weighted by Crippen LogP contribution is 2.21. The molecule has 1 aromatic carbocycles. The molecule has 1 aromatic rings. The lowest BCUT2D eigenvalue weighted by Gasteiger charge is -2.09. The van der Waals surface area contributed by atoms with Crippen molar-refractivity contribution < 1.29 is 18.7 Å². The summed E-state index contributed by atoms with van der Waals surface area (Å²) >= 11 is 1.72. The van der Waals surface area contributed by atoms with Gasteiger partial charge in [0.15, 0.2) is 0 Å². The molecule has 3 N–H and O–H groups in total. The van der Waals surface area contributed by atoms with Gasteiger partial charge in [0.25, 0.3) is 0 Å². The van der Waals surface area contributed by atoms with Gasteiger partial charge in [0.05, 0.1) is 5.56 Å². The van der Waals surface area contributed by atoms with E-state index in [1.54, 1.807) is 22.6 Å². The van der Waals surface area contributed by atoms with Gasteiger partial charge < -0.3 is 10.8 Å². The number of benzene rings is 1. The summed E-state index contributed by atoms with van der Waals surface area (Å²) in [4.78, 5) is 10.4. The highest BCUT2D eigenvalue weighted by atomic mass is 127. The summed E-state index contributed by atoms with van der Waals surface area (Å²) in [6.07, 6.45) is 0. The lowest BCUT2D eigenvalue weighted by molar-refractivity contribution is -0.138. The summed E-state index contributed by atoms with van der Waals surface area (Å²) in [5.41, 5.74) is 4.49. The quantitative estimate of drug-likeness (QED) is 0.816. The average molecular weight is 313 g/mol. The van der Waals surface area contributed by atoms with Crippen LogP contribution in [0.25, 0.3) is 0 Å². The maximum absolute atomic E-state index is 13.1. The van der Waals surface area contributed by atoms with Gasteiger partial charge in [-0.1, -0.05) is 0 Å². The molecule has 1 rings (SSSR count). The molecule has 0 amide bonds. The second kappa shape index (κ2) is 4.18. The Morgan fingerprint density at radius 1 is 1.43 bits per heavy atom. The minimum Gasteiger partial charge on any atom is -0.480 e. The molecule has 3 nitrogen and oxygen atoms in total. The van der Waals surface area contributed by atoms with E-state index >= 15 is 0 Å². The number of hydrogen-bond donors (Lipinski definition) is 2. The van der Waals surface area contributed by atoms with Gasteiger partial charge in [-0.05, 0) is 34.7 Å². The van der Waals surface area contributed by atoms with Crippen LogP contribution in [0, 0.1) is 15.2 Å². The summed E-state index contributed by atoms with van der Waals surface area (Å²) in [5.74, 6) is -3.35. The first-order valence-corrected chi connectivity index (χ1v) is 4.64. The molecule has 0 radical (unpaired) electrons. The Kier molecular flexibility index (Phi) is 3.38. The van der Waals surface area contributed by atoms with E-state index in [2.05, 4.69) is 0 Å². The van der Waals surface area contributed by atoms with Crippen molar-refractivity contribution in [1.82, 2.24) is 0 Å². The van der Waals surface area contributed by atoms with Crippen LogP contribution in [0.4, 0.5) is 8.78 Å². The zero-order chi connectivity index (χ0) is 10.9. The van der Waals surface area contributed by atoms with Crippen LogP contribution in [0.5, 0.6) is 0 Å². The smallest absolute Gasteiger partial charge is 0.325 e. The molecular formula is C8H6F2INO2. The number of rotatable bonds is 2. The maximum atomic E-state index is 13.1. The molecule has 0 unspecified atom stereocenters. The Bertz CT molecular complexity index is 361. The van der Waals surface area contributed by atoms with Crippen LogP contribution in [0.15, 0.2) is 12.1 Å². The van der Waals surface area contributed by atoms with Crippen molar-refractivity contribution >= 4 is 28.6 Å². The van der Waals surface area contributed by atoms with E-state index in [0.717, 1.165) is 12.1 Å².